The van der Waals surface area contributed by atoms with E-state index in [1.807, 2.05) is 71.6 Å². The first-order valence-electron chi connectivity index (χ1n) is 12.5. The zero-order valence-corrected chi connectivity index (χ0v) is 20.3. The molecule has 0 bridgehead atoms. The molecule has 36 heavy (non-hydrogen) atoms. The van der Waals surface area contributed by atoms with Gasteiger partial charge in [-0.3, -0.25) is 10.1 Å². The fourth-order valence-electron chi connectivity index (χ4n) is 4.90. The van der Waals surface area contributed by atoms with Crippen molar-refractivity contribution >= 4 is 17.2 Å². The second-order valence-corrected chi connectivity index (χ2v) is 9.21. The largest absolute Gasteiger partial charge is 0.375 e. The van der Waals surface area contributed by atoms with E-state index >= 15 is 0 Å². The van der Waals surface area contributed by atoms with E-state index in [2.05, 4.69) is 29.6 Å². The smallest absolute Gasteiger partial charge is 0.334 e. The van der Waals surface area contributed by atoms with Gasteiger partial charge >= 0.3 is 5.69 Å². The van der Waals surface area contributed by atoms with Crippen LogP contribution < -0.4 is 10.2 Å². The highest BCUT2D eigenvalue weighted by atomic mass is 16.6. The van der Waals surface area contributed by atoms with Crippen LogP contribution in [0.4, 0.5) is 17.2 Å². The third-order valence-electron chi connectivity index (χ3n) is 6.66. The summed E-state index contributed by atoms with van der Waals surface area (Å²) >= 11 is 0. The standard InChI is InChI=1S/C30H30N4O2/c35-34(36)29-28(31-20-23-12-4-1-5-13-23)26-18-10-11-19-27(26)32-30(29)33(21-24-14-6-2-7-15-24)22-25-16-8-3-9-17-25/h1-9,12-17H,10-11,18-22H2,(H,31,32). The normalized spacial score (nSPS) is 12.6. The molecule has 5 rings (SSSR count). The Bertz CT molecular complexity index is 1270. The van der Waals surface area contributed by atoms with Crippen LogP contribution in [-0.2, 0) is 32.5 Å². The predicted octanol–water partition coefficient (Wildman–Crippen LogP) is 6.69. The molecule has 4 aromatic rings. The van der Waals surface area contributed by atoms with Gasteiger partial charge < -0.3 is 10.2 Å². The molecule has 1 aliphatic rings. The van der Waals surface area contributed by atoms with E-state index in [0.29, 0.717) is 31.1 Å². The number of nitrogens with one attached hydrogen (secondary N) is 1. The molecule has 0 saturated heterocycles. The summed E-state index contributed by atoms with van der Waals surface area (Å²) in [7, 11) is 0. The molecule has 3 aromatic carbocycles. The SMILES string of the molecule is O=[N+]([O-])c1c(N(Cc2ccccc2)Cc2ccccc2)nc2c(c1NCc1ccccc1)CCCC2. The Kier molecular flexibility index (Phi) is 7.22. The summed E-state index contributed by atoms with van der Waals surface area (Å²) in [5, 5.41) is 16.1. The van der Waals surface area contributed by atoms with Crippen molar-refractivity contribution in [1.29, 1.82) is 0 Å². The van der Waals surface area contributed by atoms with Crippen LogP contribution >= 0.6 is 0 Å². The number of aromatic nitrogens is 1. The Hall–Kier alpha value is -4.19. The number of aryl methyl sites for hydroxylation is 1. The molecule has 1 aromatic heterocycles. The molecular formula is C30H30N4O2. The molecule has 0 spiro atoms. The number of nitro groups is 1. The Morgan fingerprint density at radius 1 is 0.778 bits per heavy atom. The van der Waals surface area contributed by atoms with Gasteiger partial charge in [0.2, 0.25) is 5.82 Å². The number of pyridine rings is 1. The quantitative estimate of drug-likeness (QED) is 0.214. The molecule has 1 aliphatic carbocycles. The van der Waals surface area contributed by atoms with Gasteiger partial charge in [0.1, 0.15) is 5.69 Å². The van der Waals surface area contributed by atoms with Gasteiger partial charge in [-0.2, -0.15) is 0 Å². The zero-order valence-electron chi connectivity index (χ0n) is 20.3. The summed E-state index contributed by atoms with van der Waals surface area (Å²) in [5.74, 6) is 0.434. The Balaban J connectivity index is 1.61. The maximum atomic E-state index is 12.6. The van der Waals surface area contributed by atoms with Gasteiger partial charge in [-0.25, -0.2) is 4.98 Å². The van der Waals surface area contributed by atoms with Gasteiger partial charge in [-0.1, -0.05) is 91.0 Å². The minimum atomic E-state index is -0.256. The molecule has 0 fully saturated rings. The summed E-state index contributed by atoms with van der Waals surface area (Å²) in [4.78, 5) is 19.4. The van der Waals surface area contributed by atoms with Gasteiger partial charge in [0.15, 0.2) is 0 Å². The number of fused-ring (bicyclic) bond motifs is 1. The summed E-state index contributed by atoms with van der Waals surface area (Å²) in [6.07, 6.45) is 3.71. The van der Waals surface area contributed by atoms with Crippen LogP contribution in [-0.4, -0.2) is 9.91 Å². The van der Waals surface area contributed by atoms with Crippen LogP contribution in [0.15, 0.2) is 91.0 Å². The number of anilines is 2. The number of hydrogen-bond acceptors (Lipinski definition) is 5. The summed E-state index contributed by atoms with van der Waals surface area (Å²) in [6.45, 7) is 1.58. The van der Waals surface area contributed by atoms with Crippen LogP contribution in [0.3, 0.4) is 0 Å². The van der Waals surface area contributed by atoms with E-state index in [-0.39, 0.29) is 10.6 Å². The van der Waals surface area contributed by atoms with Gasteiger partial charge in [-0.05, 0) is 42.4 Å². The van der Waals surface area contributed by atoms with Crippen LogP contribution in [0.2, 0.25) is 0 Å². The third kappa shape index (κ3) is 5.38. The highest BCUT2D eigenvalue weighted by molar-refractivity contribution is 5.78. The van der Waals surface area contributed by atoms with E-state index in [1.165, 1.54) is 0 Å². The van der Waals surface area contributed by atoms with Gasteiger partial charge in [0.05, 0.1) is 4.92 Å². The molecule has 1 N–H and O–H groups in total. The van der Waals surface area contributed by atoms with E-state index in [4.69, 9.17) is 4.98 Å². The Morgan fingerprint density at radius 2 is 1.31 bits per heavy atom. The molecule has 0 saturated carbocycles. The average Bonchev–Trinajstić information content (AvgIpc) is 2.92. The topological polar surface area (TPSA) is 71.3 Å². The lowest BCUT2D eigenvalue weighted by Gasteiger charge is -2.28. The highest BCUT2D eigenvalue weighted by Gasteiger charge is 2.32. The van der Waals surface area contributed by atoms with Crippen molar-refractivity contribution in [2.75, 3.05) is 10.2 Å². The number of benzene rings is 3. The van der Waals surface area contributed by atoms with Crippen molar-refractivity contribution < 1.29 is 4.92 Å². The number of rotatable bonds is 9. The van der Waals surface area contributed by atoms with Gasteiger partial charge in [0, 0.05) is 30.9 Å². The second-order valence-electron chi connectivity index (χ2n) is 9.21. The summed E-state index contributed by atoms with van der Waals surface area (Å²) in [6, 6.07) is 30.2. The predicted molar refractivity (Wildman–Crippen MR) is 144 cm³/mol. The second kappa shape index (κ2) is 11.0. The summed E-state index contributed by atoms with van der Waals surface area (Å²) < 4.78 is 0. The molecule has 0 unspecified atom stereocenters. The van der Waals surface area contributed by atoms with E-state index < -0.39 is 0 Å². The minimum absolute atomic E-state index is 0.0680. The average molecular weight is 479 g/mol. The molecule has 6 heteroatoms. The lowest BCUT2D eigenvalue weighted by Crippen LogP contribution is -2.26. The van der Waals surface area contributed by atoms with Gasteiger partial charge in [-0.15, -0.1) is 0 Å². The van der Waals surface area contributed by atoms with Crippen LogP contribution in [0.1, 0.15) is 40.8 Å². The number of hydrogen-bond donors (Lipinski definition) is 1. The molecule has 182 valence electrons. The molecular weight excluding hydrogens is 448 g/mol. The van der Waals surface area contributed by atoms with Crippen LogP contribution in [0, 0.1) is 10.1 Å². The van der Waals surface area contributed by atoms with E-state index in [0.717, 1.165) is 53.6 Å². The van der Waals surface area contributed by atoms with Crippen LogP contribution in [0.25, 0.3) is 0 Å². The van der Waals surface area contributed by atoms with Crippen molar-refractivity contribution in [3.8, 4) is 0 Å². The zero-order chi connectivity index (χ0) is 24.7. The Labute approximate surface area is 211 Å². The van der Waals surface area contributed by atoms with Crippen molar-refractivity contribution in [3.05, 3.63) is 129 Å². The molecule has 6 nitrogen and oxygen atoms in total. The summed E-state index contributed by atoms with van der Waals surface area (Å²) in [5.41, 5.74) is 5.91. The minimum Gasteiger partial charge on any atom is -0.375 e. The fraction of sp³-hybridized carbons (Fsp3) is 0.233. The van der Waals surface area contributed by atoms with Crippen LogP contribution in [0.5, 0.6) is 0 Å². The fourth-order valence-corrected chi connectivity index (χ4v) is 4.90. The lowest BCUT2D eigenvalue weighted by atomic mass is 9.93. The molecule has 0 aliphatic heterocycles. The molecule has 1 heterocycles. The molecule has 0 atom stereocenters. The van der Waals surface area contributed by atoms with Crippen molar-refractivity contribution in [2.24, 2.45) is 0 Å². The monoisotopic (exact) mass is 478 g/mol. The number of nitrogens with zero attached hydrogens (tertiary/aromatic N) is 3. The highest BCUT2D eigenvalue weighted by Crippen LogP contribution is 2.42. The third-order valence-corrected chi connectivity index (χ3v) is 6.66. The van der Waals surface area contributed by atoms with E-state index in [1.54, 1.807) is 0 Å². The van der Waals surface area contributed by atoms with Crippen molar-refractivity contribution in [3.63, 3.8) is 0 Å². The molecule has 0 amide bonds. The molecule has 0 radical (unpaired) electrons. The van der Waals surface area contributed by atoms with E-state index in [9.17, 15) is 10.1 Å². The first-order chi connectivity index (χ1) is 17.7. The van der Waals surface area contributed by atoms with Gasteiger partial charge in [0.25, 0.3) is 0 Å². The first kappa shape index (κ1) is 23.5. The maximum Gasteiger partial charge on any atom is 0.334 e. The van der Waals surface area contributed by atoms with Crippen molar-refractivity contribution in [1.82, 2.24) is 4.98 Å². The maximum absolute atomic E-state index is 12.6. The first-order valence-corrected chi connectivity index (χ1v) is 12.5. The van der Waals surface area contributed by atoms with Crippen molar-refractivity contribution in [2.45, 2.75) is 45.3 Å². The Morgan fingerprint density at radius 3 is 1.86 bits per heavy atom. The lowest BCUT2D eigenvalue weighted by molar-refractivity contribution is -0.383.